The van der Waals surface area contributed by atoms with Crippen molar-refractivity contribution in [2.45, 2.75) is 76.7 Å². The van der Waals surface area contributed by atoms with Gasteiger partial charge in [-0.15, -0.1) is 0 Å². The molecule has 6 heteroatoms. The molecular formula is C23H34N2O4. The summed E-state index contributed by atoms with van der Waals surface area (Å²) in [5, 5.41) is 12.3. The van der Waals surface area contributed by atoms with Gasteiger partial charge in [0.25, 0.3) is 0 Å². The minimum Gasteiger partial charge on any atom is -0.494 e. The standard InChI is InChI=1S/C23H34N2O4/c1-2-17-15-22(27)24-21-11-10-19(16-20(17)21)29-14-6-9-23(28)25(12-13-26)18-7-4-3-5-8-18/h10-11,16-18,26H,2-9,12-15H2,1H3,(H,24,27). The lowest BCUT2D eigenvalue weighted by Gasteiger charge is -2.34. The lowest BCUT2D eigenvalue weighted by atomic mass is 9.88. The van der Waals surface area contributed by atoms with Gasteiger partial charge in [0, 0.05) is 31.1 Å². The predicted octanol–water partition coefficient (Wildman–Crippen LogP) is 3.84. The Bertz CT molecular complexity index is 700. The van der Waals surface area contributed by atoms with E-state index in [1.54, 1.807) is 0 Å². The Labute approximate surface area is 173 Å². The van der Waals surface area contributed by atoms with Gasteiger partial charge >= 0.3 is 0 Å². The molecule has 1 heterocycles. The Hall–Kier alpha value is -2.08. The molecule has 6 nitrogen and oxygen atoms in total. The molecule has 1 aromatic carbocycles. The van der Waals surface area contributed by atoms with Gasteiger partial charge in [-0.1, -0.05) is 26.2 Å². The number of hydrogen-bond donors (Lipinski definition) is 2. The van der Waals surface area contributed by atoms with E-state index >= 15 is 0 Å². The van der Waals surface area contributed by atoms with Crippen molar-refractivity contribution in [3.8, 4) is 5.75 Å². The minimum absolute atomic E-state index is 0.0169. The number of anilines is 1. The number of benzene rings is 1. The summed E-state index contributed by atoms with van der Waals surface area (Å²) in [6, 6.07) is 6.08. The Morgan fingerprint density at radius 3 is 2.79 bits per heavy atom. The lowest BCUT2D eigenvalue weighted by Crippen LogP contribution is -2.43. The predicted molar refractivity (Wildman–Crippen MR) is 113 cm³/mol. The second kappa shape index (κ2) is 10.6. The third-order valence-corrected chi connectivity index (χ3v) is 6.14. The zero-order chi connectivity index (χ0) is 20.6. The first-order valence-electron chi connectivity index (χ1n) is 11.1. The molecule has 0 radical (unpaired) electrons. The van der Waals surface area contributed by atoms with Crippen LogP contribution in [0.15, 0.2) is 18.2 Å². The van der Waals surface area contributed by atoms with Gasteiger partial charge < -0.3 is 20.1 Å². The highest BCUT2D eigenvalue weighted by atomic mass is 16.5. The van der Waals surface area contributed by atoms with Gasteiger partial charge in [-0.2, -0.15) is 0 Å². The number of hydrogen-bond acceptors (Lipinski definition) is 4. The van der Waals surface area contributed by atoms with Gasteiger partial charge in [0.1, 0.15) is 5.75 Å². The molecule has 2 aliphatic rings. The molecule has 1 aliphatic carbocycles. The van der Waals surface area contributed by atoms with Crippen LogP contribution in [0.3, 0.4) is 0 Å². The molecule has 3 rings (SSSR count). The number of amides is 2. The smallest absolute Gasteiger partial charge is 0.224 e. The van der Waals surface area contributed by atoms with Crippen LogP contribution >= 0.6 is 0 Å². The molecule has 1 aromatic rings. The highest BCUT2D eigenvalue weighted by Crippen LogP contribution is 2.36. The topological polar surface area (TPSA) is 78.9 Å². The van der Waals surface area contributed by atoms with E-state index in [0.29, 0.717) is 32.4 Å². The number of carbonyl (C=O) groups is 2. The van der Waals surface area contributed by atoms with Crippen molar-refractivity contribution in [3.05, 3.63) is 23.8 Å². The summed E-state index contributed by atoms with van der Waals surface area (Å²) in [4.78, 5) is 26.3. The lowest BCUT2D eigenvalue weighted by molar-refractivity contribution is -0.135. The van der Waals surface area contributed by atoms with Gasteiger partial charge in [-0.25, -0.2) is 0 Å². The molecule has 1 unspecified atom stereocenters. The summed E-state index contributed by atoms with van der Waals surface area (Å²) < 4.78 is 5.89. The second-order valence-corrected chi connectivity index (χ2v) is 8.16. The third kappa shape index (κ3) is 5.72. The molecule has 0 spiro atoms. The fraction of sp³-hybridized carbons (Fsp3) is 0.652. The van der Waals surface area contributed by atoms with Crippen LogP contribution in [-0.4, -0.2) is 47.6 Å². The van der Waals surface area contributed by atoms with Crippen molar-refractivity contribution in [1.29, 1.82) is 0 Å². The molecule has 1 atom stereocenters. The van der Waals surface area contributed by atoms with Crippen LogP contribution in [0.1, 0.15) is 76.2 Å². The summed E-state index contributed by atoms with van der Waals surface area (Å²) in [6.07, 6.45) is 8.20. The zero-order valence-electron chi connectivity index (χ0n) is 17.5. The first-order valence-corrected chi connectivity index (χ1v) is 11.1. The van der Waals surface area contributed by atoms with Crippen LogP contribution in [0.4, 0.5) is 5.69 Å². The number of nitrogens with one attached hydrogen (secondary N) is 1. The molecule has 1 saturated carbocycles. The molecule has 0 bridgehead atoms. The molecule has 2 N–H and O–H groups in total. The van der Waals surface area contributed by atoms with E-state index in [-0.39, 0.29) is 30.4 Å². The Morgan fingerprint density at radius 1 is 1.28 bits per heavy atom. The number of fused-ring (bicyclic) bond motifs is 1. The van der Waals surface area contributed by atoms with E-state index in [9.17, 15) is 14.7 Å². The van der Waals surface area contributed by atoms with E-state index in [2.05, 4.69) is 12.2 Å². The van der Waals surface area contributed by atoms with E-state index in [4.69, 9.17) is 4.74 Å². The van der Waals surface area contributed by atoms with E-state index in [1.807, 2.05) is 23.1 Å². The van der Waals surface area contributed by atoms with E-state index in [1.165, 1.54) is 19.3 Å². The van der Waals surface area contributed by atoms with Crippen molar-refractivity contribution in [1.82, 2.24) is 4.90 Å². The molecule has 1 aliphatic heterocycles. The third-order valence-electron chi connectivity index (χ3n) is 6.14. The number of aliphatic hydroxyl groups excluding tert-OH is 1. The van der Waals surface area contributed by atoms with Crippen molar-refractivity contribution in [3.63, 3.8) is 0 Å². The van der Waals surface area contributed by atoms with Gasteiger partial charge in [-0.05, 0) is 55.4 Å². The molecule has 160 valence electrons. The van der Waals surface area contributed by atoms with Crippen LogP contribution < -0.4 is 10.1 Å². The highest BCUT2D eigenvalue weighted by molar-refractivity contribution is 5.94. The van der Waals surface area contributed by atoms with Gasteiger partial charge in [-0.3, -0.25) is 9.59 Å². The van der Waals surface area contributed by atoms with E-state index in [0.717, 1.165) is 36.3 Å². The number of rotatable bonds is 9. The van der Waals surface area contributed by atoms with Crippen LogP contribution in [-0.2, 0) is 9.59 Å². The first-order chi connectivity index (χ1) is 14.1. The summed E-state index contributed by atoms with van der Waals surface area (Å²) in [5.74, 6) is 1.20. The van der Waals surface area contributed by atoms with Crippen molar-refractivity contribution in [2.24, 2.45) is 0 Å². The maximum atomic E-state index is 12.7. The SMILES string of the molecule is CCC1CC(=O)Nc2ccc(OCCCC(=O)N(CCO)C3CCCCC3)cc21. The fourth-order valence-corrected chi connectivity index (χ4v) is 4.55. The second-order valence-electron chi connectivity index (χ2n) is 8.16. The molecule has 2 amide bonds. The quantitative estimate of drug-likeness (QED) is 0.615. The van der Waals surface area contributed by atoms with Gasteiger partial charge in [0.15, 0.2) is 0 Å². The Balaban J connectivity index is 1.49. The van der Waals surface area contributed by atoms with Crippen LogP contribution in [0, 0.1) is 0 Å². The number of aliphatic hydroxyl groups is 1. The van der Waals surface area contributed by atoms with Crippen molar-refractivity contribution >= 4 is 17.5 Å². The summed E-state index contributed by atoms with van der Waals surface area (Å²) in [6.45, 7) is 3.02. The van der Waals surface area contributed by atoms with Crippen molar-refractivity contribution in [2.75, 3.05) is 25.1 Å². The Morgan fingerprint density at radius 2 is 2.07 bits per heavy atom. The highest BCUT2D eigenvalue weighted by Gasteiger charge is 2.25. The first kappa shape index (κ1) is 21.6. The maximum Gasteiger partial charge on any atom is 0.224 e. The molecule has 29 heavy (non-hydrogen) atoms. The number of nitrogens with zero attached hydrogens (tertiary/aromatic N) is 1. The number of ether oxygens (including phenoxy) is 1. The molecular weight excluding hydrogens is 368 g/mol. The average Bonchev–Trinajstić information content (AvgIpc) is 2.75. The normalized spacial score (nSPS) is 19.4. The average molecular weight is 403 g/mol. The molecule has 0 saturated heterocycles. The zero-order valence-corrected chi connectivity index (χ0v) is 17.5. The van der Waals surface area contributed by atoms with Gasteiger partial charge in [0.05, 0.1) is 13.2 Å². The monoisotopic (exact) mass is 402 g/mol. The maximum absolute atomic E-state index is 12.7. The fourth-order valence-electron chi connectivity index (χ4n) is 4.55. The summed E-state index contributed by atoms with van der Waals surface area (Å²) in [7, 11) is 0. The Kier molecular flexibility index (Phi) is 7.92. The van der Waals surface area contributed by atoms with Crippen LogP contribution in [0.25, 0.3) is 0 Å². The molecule has 1 fully saturated rings. The summed E-state index contributed by atoms with van der Waals surface area (Å²) in [5.41, 5.74) is 2.01. The summed E-state index contributed by atoms with van der Waals surface area (Å²) >= 11 is 0. The minimum atomic E-state index is 0.0169. The van der Waals surface area contributed by atoms with E-state index < -0.39 is 0 Å². The largest absolute Gasteiger partial charge is 0.494 e. The number of carbonyl (C=O) groups excluding carboxylic acids is 2. The van der Waals surface area contributed by atoms with Crippen LogP contribution in [0.5, 0.6) is 5.75 Å². The van der Waals surface area contributed by atoms with Gasteiger partial charge in [0.2, 0.25) is 11.8 Å². The van der Waals surface area contributed by atoms with Crippen LogP contribution in [0.2, 0.25) is 0 Å². The molecule has 0 aromatic heterocycles. The van der Waals surface area contributed by atoms with Crippen molar-refractivity contribution < 1.29 is 19.4 Å².